The first kappa shape index (κ1) is 101. The monoisotopic (exact) mass is 1510 g/mol. The van der Waals surface area contributed by atoms with Crippen molar-refractivity contribution in [2.45, 2.75) is 464 Å². The Hall–Kier alpha value is -1.94. The molecule has 0 aliphatic heterocycles. The predicted octanol–water partition coefficient (Wildman–Crippen LogP) is 25.5. The highest BCUT2D eigenvalue weighted by molar-refractivity contribution is 7.47. The number of aliphatic hydroxyl groups excluding tert-OH is 1. The number of hydrogen-bond acceptors (Lipinski definition) is 15. The summed E-state index contributed by atoms with van der Waals surface area (Å²) in [5.74, 6) is -0.625. The van der Waals surface area contributed by atoms with E-state index < -0.39 is 97.5 Å². The maximum absolute atomic E-state index is 13.1. The summed E-state index contributed by atoms with van der Waals surface area (Å²) in [6, 6.07) is 0. The Kier molecular flexibility index (Phi) is 74.1. The van der Waals surface area contributed by atoms with Crippen molar-refractivity contribution in [3.8, 4) is 0 Å². The van der Waals surface area contributed by atoms with Gasteiger partial charge < -0.3 is 33.8 Å². The highest BCUT2D eigenvalue weighted by Crippen LogP contribution is 2.45. The van der Waals surface area contributed by atoms with E-state index in [1.807, 2.05) is 0 Å². The zero-order valence-electron chi connectivity index (χ0n) is 67.6. The largest absolute Gasteiger partial charge is 0.472 e. The van der Waals surface area contributed by atoms with Crippen molar-refractivity contribution in [3.63, 3.8) is 0 Å². The molecule has 103 heavy (non-hydrogen) atoms. The fourth-order valence-electron chi connectivity index (χ4n) is 13.1. The third kappa shape index (κ3) is 78.0. The third-order valence-corrected chi connectivity index (χ3v) is 21.6. The van der Waals surface area contributed by atoms with Gasteiger partial charge in [-0.25, -0.2) is 9.13 Å². The molecule has 0 aliphatic rings. The molecule has 0 heterocycles. The summed E-state index contributed by atoms with van der Waals surface area (Å²) in [5.41, 5.74) is 0. The molecule has 3 N–H and O–H groups in total. The lowest BCUT2D eigenvalue weighted by Crippen LogP contribution is -2.30. The van der Waals surface area contributed by atoms with Crippen LogP contribution in [0.25, 0.3) is 0 Å². The van der Waals surface area contributed by atoms with Crippen LogP contribution in [0.5, 0.6) is 0 Å². The Balaban J connectivity index is 5.21. The maximum Gasteiger partial charge on any atom is 0.472 e. The summed E-state index contributed by atoms with van der Waals surface area (Å²) >= 11 is 0. The number of carbonyl (C=O) groups excluding carboxylic acids is 4. The van der Waals surface area contributed by atoms with Gasteiger partial charge in [0.1, 0.15) is 19.3 Å². The second-order valence-corrected chi connectivity index (χ2v) is 34.1. The number of hydrogen-bond donors (Lipinski definition) is 3. The fraction of sp³-hybridized carbons (Fsp3) is 0.952. The highest BCUT2D eigenvalue weighted by atomic mass is 31.2. The lowest BCUT2D eigenvalue weighted by atomic mass is 10.0. The topological polar surface area (TPSA) is 237 Å². The molecule has 5 atom stereocenters. The van der Waals surface area contributed by atoms with Crippen molar-refractivity contribution in [2.75, 3.05) is 39.6 Å². The molecule has 0 aromatic carbocycles. The van der Waals surface area contributed by atoms with Gasteiger partial charge in [-0.05, 0) is 37.5 Å². The number of esters is 4. The van der Waals surface area contributed by atoms with Crippen LogP contribution < -0.4 is 0 Å². The molecule has 0 bridgehead atoms. The van der Waals surface area contributed by atoms with Crippen LogP contribution in [0, 0.1) is 11.8 Å². The zero-order valence-corrected chi connectivity index (χ0v) is 69.4. The van der Waals surface area contributed by atoms with Gasteiger partial charge in [0.2, 0.25) is 0 Å². The van der Waals surface area contributed by atoms with Crippen molar-refractivity contribution < 1.29 is 80.2 Å². The normalized spacial score (nSPS) is 13.9. The number of rotatable bonds is 83. The molecule has 2 unspecified atom stereocenters. The lowest BCUT2D eigenvalue weighted by Gasteiger charge is -2.21. The van der Waals surface area contributed by atoms with E-state index in [4.69, 9.17) is 37.0 Å². The summed E-state index contributed by atoms with van der Waals surface area (Å²) in [4.78, 5) is 73.1. The Labute approximate surface area is 632 Å². The van der Waals surface area contributed by atoms with Gasteiger partial charge in [-0.2, -0.15) is 0 Å². The van der Waals surface area contributed by atoms with E-state index in [0.29, 0.717) is 31.6 Å². The van der Waals surface area contributed by atoms with E-state index in [1.54, 1.807) is 0 Å². The van der Waals surface area contributed by atoms with Crippen LogP contribution in [-0.2, 0) is 65.4 Å². The Bertz CT molecular complexity index is 1980. The average Bonchev–Trinajstić information content (AvgIpc) is 0.915. The summed E-state index contributed by atoms with van der Waals surface area (Å²) in [5, 5.41) is 10.7. The molecule has 17 nitrogen and oxygen atoms in total. The minimum atomic E-state index is -4.96. The van der Waals surface area contributed by atoms with Crippen LogP contribution >= 0.6 is 15.6 Å². The van der Waals surface area contributed by atoms with Crippen LogP contribution in [0.15, 0.2) is 0 Å². The van der Waals surface area contributed by atoms with Gasteiger partial charge in [0.25, 0.3) is 0 Å². The standard InChI is InChI=1S/C84H164O17P2/c1-7-9-11-13-15-17-19-21-23-25-26-27-28-29-30-32-34-39-43-49-56-62-68-83(88)100-79(72-94-81(86)66-60-54-48-42-38-33-31-24-22-20-18-16-14-12-10-8-2)74-98-102(90,91)96-70-78(85)71-97-103(92,93)99-75-80(73-95-82(87)67-61-55-51-45-47-53-59-65-77(5)6)101-84(89)69-63-57-50-44-40-36-35-37-41-46-52-58-64-76(3)4/h76-80,85H,7-75H2,1-6H3,(H,90,91)(H,92,93)/t78-,79-,80-/m1/s1. The zero-order chi connectivity index (χ0) is 75.6. The molecule has 0 amide bonds. The third-order valence-electron chi connectivity index (χ3n) is 19.7. The molecule has 0 fully saturated rings. The minimum absolute atomic E-state index is 0.106. The molecule has 612 valence electrons. The lowest BCUT2D eigenvalue weighted by molar-refractivity contribution is -0.161. The van der Waals surface area contributed by atoms with Gasteiger partial charge in [0.05, 0.1) is 26.4 Å². The van der Waals surface area contributed by atoms with Crippen LogP contribution in [-0.4, -0.2) is 96.7 Å². The molecule has 0 aromatic heterocycles. The van der Waals surface area contributed by atoms with E-state index in [0.717, 1.165) is 102 Å². The molecule has 0 radical (unpaired) electrons. The molecule has 0 rings (SSSR count). The van der Waals surface area contributed by atoms with Crippen molar-refractivity contribution in [1.82, 2.24) is 0 Å². The van der Waals surface area contributed by atoms with Gasteiger partial charge in [0, 0.05) is 25.7 Å². The Morgan fingerprint density at radius 2 is 0.447 bits per heavy atom. The summed E-state index contributed by atoms with van der Waals surface area (Å²) in [7, 11) is -9.92. The van der Waals surface area contributed by atoms with Crippen LogP contribution in [0.1, 0.15) is 446 Å². The van der Waals surface area contributed by atoms with Crippen molar-refractivity contribution in [2.24, 2.45) is 11.8 Å². The molecular weight excluding hydrogens is 1340 g/mol. The molecule has 0 saturated carbocycles. The number of unbranched alkanes of at least 4 members (excludes halogenated alkanes) is 53. The van der Waals surface area contributed by atoms with E-state index >= 15 is 0 Å². The second kappa shape index (κ2) is 75.5. The molecular formula is C84H164O17P2. The molecule has 0 saturated heterocycles. The molecule has 19 heteroatoms. The first-order chi connectivity index (χ1) is 49.9. The van der Waals surface area contributed by atoms with Crippen molar-refractivity contribution >= 4 is 39.5 Å². The number of aliphatic hydroxyl groups is 1. The number of ether oxygens (including phenoxy) is 4. The van der Waals surface area contributed by atoms with Gasteiger partial charge >= 0.3 is 39.5 Å². The molecule has 0 aromatic rings. The van der Waals surface area contributed by atoms with Gasteiger partial charge in [-0.15, -0.1) is 0 Å². The quantitative estimate of drug-likeness (QED) is 0.0222. The number of phosphoric acid groups is 2. The highest BCUT2D eigenvalue weighted by Gasteiger charge is 2.30. The van der Waals surface area contributed by atoms with E-state index in [1.165, 1.54) is 257 Å². The number of phosphoric ester groups is 2. The first-order valence-electron chi connectivity index (χ1n) is 43.5. The first-order valence-corrected chi connectivity index (χ1v) is 46.5. The average molecular weight is 1510 g/mol. The van der Waals surface area contributed by atoms with Crippen LogP contribution in [0.2, 0.25) is 0 Å². The van der Waals surface area contributed by atoms with Crippen LogP contribution in [0.4, 0.5) is 0 Å². The molecule has 0 spiro atoms. The van der Waals surface area contributed by atoms with Crippen molar-refractivity contribution in [1.29, 1.82) is 0 Å². The van der Waals surface area contributed by atoms with E-state index in [2.05, 4.69) is 41.5 Å². The van der Waals surface area contributed by atoms with Gasteiger partial charge in [-0.3, -0.25) is 37.3 Å². The predicted molar refractivity (Wildman–Crippen MR) is 423 cm³/mol. The van der Waals surface area contributed by atoms with E-state index in [-0.39, 0.29) is 25.7 Å². The summed E-state index contributed by atoms with van der Waals surface area (Å²) in [6.45, 7) is 9.61. The minimum Gasteiger partial charge on any atom is -0.462 e. The maximum atomic E-state index is 13.1. The Morgan fingerprint density at radius 3 is 0.660 bits per heavy atom. The SMILES string of the molecule is CCCCCCCCCCCCCCCCCCCCCCCCC(=O)O[C@H](COC(=O)CCCCCCCCCCCCCCCCCC)COP(=O)(O)OC[C@@H](O)COP(=O)(O)OC[C@@H](COC(=O)CCCCCCCCCC(C)C)OC(=O)CCCCCCCCCCCCCCC(C)C. The fourth-order valence-corrected chi connectivity index (χ4v) is 14.6. The molecule has 0 aliphatic carbocycles. The number of carbonyl (C=O) groups is 4. The summed E-state index contributed by atoms with van der Waals surface area (Å²) in [6.07, 6.45) is 66.8. The van der Waals surface area contributed by atoms with E-state index in [9.17, 15) is 43.2 Å². The van der Waals surface area contributed by atoms with Gasteiger partial charge in [0.15, 0.2) is 12.2 Å². The van der Waals surface area contributed by atoms with Gasteiger partial charge in [-0.1, -0.05) is 395 Å². The second-order valence-electron chi connectivity index (χ2n) is 31.2. The smallest absolute Gasteiger partial charge is 0.462 e. The van der Waals surface area contributed by atoms with Crippen molar-refractivity contribution in [3.05, 3.63) is 0 Å². The Morgan fingerprint density at radius 1 is 0.262 bits per heavy atom. The summed E-state index contributed by atoms with van der Waals surface area (Å²) < 4.78 is 68.8. The van der Waals surface area contributed by atoms with Crippen LogP contribution in [0.3, 0.4) is 0 Å².